The van der Waals surface area contributed by atoms with E-state index in [0.29, 0.717) is 6.04 Å². The van der Waals surface area contributed by atoms with Gasteiger partial charge in [0.2, 0.25) is 0 Å². The van der Waals surface area contributed by atoms with Gasteiger partial charge in [0.05, 0.1) is 45.7 Å². The maximum atomic E-state index is 4.38. The van der Waals surface area contributed by atoms with E-state index in [1.165, 1.54) is 5.56 Å². The van der Waals surface area contributed by atoms with Gasteiger partial charge in [-0.25, -0.2) is 0 Å². The van der Waals surface area contributed by atoms with Gasteiger partial charge >= 0.3 is 0 Å². The summed E-state index contributed by atoms with van der Waals surface area (Å²) in [6.07, 6.45) is 2.28. The summed E-state index contributed by atoms with van der Waals surface area (Å²) in [4.78, 5) is 0. The Kier molecular flexibility index (Phi) is 6.64. The molecule has 1 rings (SSSR count). The van der Waals surface area contributed by atoms with Gasteiger partial charge in [0, 0.05) is 11.6 Å². The first kappa shape index (κ1) is 14.2. The van der Waals surface area contributed by atoms with Crippen LogP contribution in [0.2, 0.25) is 0 Å². The molecule has 0 aliphatic heterocycles. The van der Waals surface area contributed by atoms with Gasteiger partial charge in [-0.3, -0.25) is 3.11 Å². The second kappa shape index (κ2) is 7.47. The zero-order valence-corrected chi connectivity index (χ0v) is 13.8. The van der Waals surface area contributed by atoms with E-state index < -0.39 is 0 Å². The molecular formula is C12H16I2N2. The maximum Gasteiger partial charge on any atom is 0.151 e. The maximum absolute atomic E-state index is 4.38. The van der Waals surface area contributed by atoms with Crippen LogP contribution >= 0.6 is 45.7 Å². The monoisotopic (exact) mass is 442 g/mol. The van der Waals surface area contributed by atoms with Crippen LogP contribution in [-0.2, 0) is 0 Å². The van der Waals surface area contributed by atoms with Crippen molar-refractivity contribution in [1.82, 2.24) is 3.11 Å². The molecule has 1 aromatic rings. The molecule has 0 heterocycles. The Bertz CT molecular complexity index is 334. The largest absolute Gasteiger partial charge is 0.295 e. The number of hydrogen-bond acceptors (Lipinski definition) is 1. The smallest absolute Gasteiger partial charge is 0.151 e. The lowest BCUT2D eigenvalue weighted by atomic mass is 10.1. The topological polar surface area (TPSA) is 15.6 Å². The lowest BCUT2D eigenvalue weighted by Crippen LogP contribution is -2.31. The number of hydrogen-bond donors (Lipinski definition) is 0. The van der Waals surface area contributed by atoms with Crippen molar-refractivity contribution < 1.29 is 0 Å². The highest BCUT2D eigenvalue weighted by Gasteiger charge is 2.17. The Balaban J connectivity index is 2.92. The van der Waals surface area contributed by atoms with Crippen LogP contribution < -0.4 is 0 Å². The zero-order chi connectivity index (χ0) is 12.0. The van der Waals surface area contributed by atoms with E-state index in [9.17, 15) is 0 Å². The molecule has 0 unspecified atom stereocenters. The van der Waals surface area contributed by atoms with Crippen molar-refractivity contribution in [1.29, 1.82) is 0 Å². The van der Waals surface area contributed by atoms with Crippen molar-refractivity contribution in [2.24, 2.45) is 3.21 Å². The van der Waals surface area contributed by atoms with Gasteiger partial charge in [0.1, 0.15) is 0 Å². The summed E-state index contributed by atoms with van der Waals surface area (Å²) in [6.45, 7) is 4.44. The highest BCUT2D eigenvalue weighted by atomic mass is 127. The van der Waals surface area contributed by atoms with Crippen molar-refractivity contribution in [2.45, 2.75) is 32.7 Å². The number of nitrogens with zero attached hydrogens (tertiary/aromatic N) is 2. The van der Waals surface area contributed by atoms with Crippen molar-refractivity contribution in [3.05, 3.63) is 35.9 Å². The van der Waals surface area contributed by atoms with E-state index in [-0.39, 0.29) is 0 Å². The Morgan fingerprint density at radius 1 is 1.25 bits per heavy atom. The van der Waals surface area contributed by atoms with Crippen LogP contribution in [0.4, 0.5) is 0 Å². The van der Waals surface area contributed by atoms with Crippen LogP contribution in [0.25, 0.3) is 0 Å². The van der Waals surface area contributed by atoms with E-state index in [2.05, 4.69) is 90.2 Å². The normalized spacial score (nSPS) is 11.9. The summed E-state index contributed by atoms with van der Waals surface area (Å²) in [7, 11) is 0. The molecule has 0 saturated carbocycles. The van der Waals surface area contributed by atoms with Crippen molar-refractivity contribution in [2.75, 3.05) is 0 Å². The second-order valence-corrected chi connectivity index (χ2v) is 5.08. The third-order valence-electron chi connectivity index (χ3n) is 2.58. The van der Waals surface area contributed by atoms with Gasteiger partial charge in [-0.15, -0.1) is 0 Å². The number of halogens is 2. The first-order valence-corrected chi connectivity index (χ1v) is 7.36. The van der Waals surface area contributed by atoms with Crippen LogP contribution in [0, 0.1) is 0 Å². The van der Waals surface area contributed by atoms with Crippen LogP contribution in [0.15, 0.2) is 33.5 Å². The standard InChI is InChI=1S/C12H16I2N2/c1-3-11(4-2)16(14)12(15-13)10-8-6-5-7-9-10/h5-9,11H,3-4H2,1-2H3. The second-order valence-electron chi connectivity index (χ2n) is 3.56. The molecule has 0 aliphatic rings. The summed E-state index contributed by atoms with van der Waals surface area (Å²) in [5.41, 5.74) is 1.18. The summed E-state index contributed by atoms with van der Waals surface area (Å²) in [5, 5.41) is 0. The van der Waals surface area contributed by atoms with Gasteiger partial charge in [0.15, 0.2) is 5.84 Å². The molecule has 0 atom stereocenters. The van der Waals surface area contributed by atoms with E-state index in [4.69, 9.17) is 0 Å². The molecule has 0 fully saturated rings. The molecule has 0 aromatic heterocycles. The Labute approximate surface area is 126 Å². The van der Waals surface area contributed by atoms with Gasteiger partial charge < -0.3 is 0 Å². The Morgan fingerprint density at radius 3 is 2.25 bits per heavy atom. The van der Waals surface area contributed by atoms with Gasteiger partial charge in [0.25, 0.3) is 0 Å². The van der Waals surface area contributed by atoms with E-state index in [1.807, 2.05) is 6.07 Å². The third kappa shape index (κ3) is 3.58. The van der Waals surface area contributed by atoms with Crippen molar-refractivity contribution in [3.8, 4) is 0 Å². The summed E-state index contributed by atoms with van der Waals surface area (Å²) >= 11 is 4.44. The fraction of sp³-hybridized carbons (Fsp3) is 0.417. The van der Waals surface area contributed by atoms with Gasteiger partial charge in [-0.05, 0) is 12.8 Å². The highest BCUT2D eigenvalue weighted by Crippen LogP contribution is 2.19. The molecule has 0 N–H and O–H groups in total. The van der Waals surface area contributed by atoms with Crippen LogP contribution in [-0.4, -0.2) is 15.0 Å². The van der Waals surface area contributed by atoms with E-state index in [1.54, 1.807) is 0 Å². The summed E-state index contributed by atoms with van der Waals surface area (Å²) in [6, 6.07) is 10.9. The SMILES string of the molecule is CCC(CC)N(I)C(=NI)c1ccccc1. The van der Waals surface area contributed by atoms with Crippen LogP contribution in [0.1, 0.15) is 32.3 Å². The average Bonchev–Trinajstić information content (AvgIpc) is 2.33. The fourth-order valence-corrected chi connectivity index (χ4v) is 3.68. The van der Waals surface area contributed by atoms with Gasteiger partial charge in [-0.1, -0.05) is 44.2 Å². The number of amidine groups is 1. The average molecular weight is 442 g/mol. The molecule has 16 heavy (non-hydrogen) atoms. The predicted octanol–water partition coefficient (Wildman–Crippen LogP) is 4.62. The Hall–Kier alpha value is 0.150. The molecular weight excluding hydrogens is 426 g/mol. The number of benzene rings is 1. The lowest BCUT2D eigenvalue weighted by Gasteiger charge is -2.26. The summed E-state index contributed by atoms with van der Waals surface area (Å²) in [5.74, 6) is 1.05. The molecule has 0 amide bonds. The minimum Gasteiger partial charge on any atom is -0.295 e. The molecule has 2 nitrogen and oxygen atoms in total. The molecule has 0 bridgehead atoms. The molecule has 0 spiro atoms. The molecule has 88 valence electrons. The highest BCUT2D eigenvalue weighted by molar-refractivity contribution is 14.1. The quantitative estimate of drug-likeness (QED) is 0.288. The van der Waals surface area contributed by atoms with Crippen molar-refractivity contribution in [3.63, 3.8) is 0 Å². The molecule has 0 radical (unpaired) electrons. The molecule has 0 saturated heterocycles. The first-order valence-electron chi connectivity index (χ1n) is 5.43. The van der Waals surface area contributed by atoms with Gasteiger partial charge in [-0.2, -0.15) is 3.21 Å². The molecule has 1 aromatic carbocycles. The minimum atomic E-state index is 0.550. The predicted molar refractivity (Wildman–Crippen MR) is 87.2 cm³/mol. The zero-order valence-electron chi connectivity index (χ0n) is 9.53. The Morgan fingerprint density at radius 2 is 1.81 bits per heavy atom. The third-order valence-corrected chi connectivity index (χ3v) is 4.28. The summed E-state index contributed by atoms with van der Waals surface area (Å²) < 4.78 is 6.63. The van der Waals surface area contributed by atoms with E-state index in [0.717, 1.165) is 18.7 Å². The van der Waals surface area contributed by atoms with E-state index >= 15 is 0 Å². The lowest BCUT2D eigenvalue weighted by molar-refractivity contribution is 0.471. The van der Waals surface area contributed by atoms with Crippen LogP contribution in [0.3, 0.4) is 0 Å². The first-order chi connectivity index (χ1) is 7.74. The van der Waals surface area contributed by atoms with Crippen LogP contribution in [0.5, 0.6) is 0 Å². The minimum absolute atomic E-state index is 0.550. The molecule has 0 aliphatic carbocycles. The fourth-order valence-electron chi connectivity index (χ4n) is 1.58. The molecule has 4 heteroatoms. The van der Waals surface area contributed by atoms with Crippen molar-refractivity contribution >= 4 is 51.6 Å². The number of rotatable bonds is 4.